The van der Waals surface area contributed by atoms with Gasteiger partial charge in [0.2, 0.25) is 0 Å². The second-order valence-corrected chi connectivity index (χ2v) is 3.26. The Morgan fingerprint density at radius 3 is 2.44 bits per heavy atom. The maximum absolute atomic E-state index is 11.5. The van der Waals surface area contributed by atoms with Crippen molar-refractivity contribution in [1.29, 1.82) is 0 Å². The van der Waals surface area contributed by atoms with Gasteiger partial charge in [-0.3, -0.25) is 14.9 Å². The van der Waals surface area contributed by atoms with Gasteiger partial charge in [-0.15, -0.1) is 0 Å². The first kappa shape index (κ1) is 12.3. The van der Waals surface area contributed by atoms with Crippen LogP contribution in [0, 0.1) is 10.1 Å². The number of ketones is 1. The number of rotatable bonds is 5. The fourth-order valence-corrected chi connectivity index (χ4v) is 1.23. The number of non-ortho nitro benzene ring substituents is 1. The Kier molecular flexibility index (Phi) is 4.10. The molecule has 0 saturated carbocycles. The van der Waals surface area contributed by atoms with Crippen LogP contribution in [0.15, 0.2) is 24.3 Å². The normalized spacial score (nSPS) is 12.1. The van der Waals surface area contributed by atoms with Gasteiger partial charge in [0.05, 0.1) is 4.92 Å². The summed E-state index contributed by atoms with van der Waals surface area (Å²) in [5.41, 5.74) is 5.36. The molecule has 86 valence electrons. The highest BCUT2D eigenvalue weighted by Gasteiger charge is 2.17. The molecule has 0 saturated heterocycles. The zero-order chi connectivity index (χ0) is 12.1. The number of carbonyl (C=O) groups excluding carboxylic acids is 1. The molecule has 0 aromatic heterocycles. The fraction of sp³-hybridized carbons (Fsp3) is 0.300. The molecule has 1 aromatic carbocycles. The molecule has 0 radical (unpaired) electrons. The Morgan fingerprint density at radius 2 is 2.00 bits per heavy atom. The summed E-state index contributed by atoms with van der Waals surface area (Å²) >= 11 is 0. The lowest BCUT2D eigenvalue weighted by Crippen LogP contribution is -2.23. The number of benzene rings is 1. The highest BCUT2D eigenvalue weighted by Crippen LogP contribution is 2.13. The van der Waals surface area contributed by atoms with Crippen LogP contribution in [0.2, 0.25) is 0 Å². The van der Waals surface area contributed by atoms with Crippen LogP contribution in [0.1, 0.15) is 16.8 Å². The van der Waals surface area contributed by atoms with Gasteiger partial charge in [-0.05, 0) is 25.1 Å². The highest BCUT2D eigenvalue weighted by atomic mass is 16.6. The molecule has 0 spiro atoms. The fourth-order valence-electron chi connectivity index (χ4n) is 1.23. The molecule has 0 amide bonds. The van der Waals surface area contributed by atoms with E-state index in [0.717, 1.165) is 0 Å². The predicted molar refractivity (Wildman–Crippen MR) is 57.1 cm³/mol. The molecule has 1 atom stereocenters. The third-order valence-corrected chi connectivity index (χ3v) is 2.11. The zero-order valence-electron chi connectivity index (χ0n) is 8.50. The maximum Gasteiger partial charge on any atom is 0.269 e. The Morgan fingerprint density at radius 1 is 1.44 bits per heavy atom. The zero-order valence-corrected chi connectivity index (χ0v) is 8.50. The van der Waals surface area contributed by atoms with E-state index in [1.807, 2.05) is 0 Å². The second kappa shape index (κ2) is 5.34. The largest absolute Gasteiger partial charge is 0.385 e. The SMILES string of the molecule is NCCC(O)C(=O)c1ccc([N+](=O)[O-])cc1. The standard InChI is InChI=1S/C10H12N2O4/c11-6-5-9(13)10(14)7-1-3-8(4-2-7)12(15)16/h1-4,9,13H,5-6,11H2. The number of Topliss-reactive ketones (excluding diaryl/α,β-unsaturated/α-hetero) is 1. The molecule has 1 aromatic rings. The molecule has 1 rings (SSSR count). The summed E-state index contributed by atoms with van der Waals surface area (Å²) in [6.45, 7) is 0.208. The number of nitro groups is 1. The number of hydrogen-bond acceptors (Lipinski definition) is 5. The van der Waals surface area contributed by atoms with Crippen molar-refractivity contribution in [1.82, 2.24) is 0 Å². The average Bonchev–Trinajstić information content (AvgIpc) is 2.28. The first-order valence-electron chi connectivity index (χ1n) is 4.73. The number of aliphatic hydroxyl groups is 1. The molecule has 1 unspecified atom stereocenters. The van der Waals surface area contributed by atoms with Crippen molar-refractivity contribution in [3.8, 4) is 0 Å². The molecule has 16 heavy (non-hydrogen) atoms. The Labute approximate surface area is 91.8 Å². The van der Waals surface area contributed by atoms with Gasteiger partial charge in [-0.25, -0.2) is 0 Å². The lowest BCUT2D eigenvalue weighted by Gasteiger charge is -2.07. The highest BCUT2D eigenvalue weighted by molar-refractivity contribution is 5.99. The molecule has 0 fully saturated rings. The van der Waals surface area contributed by atoms with Crippen LogP contribution in [-0.2, 0) is 0 Å². The molecule has 0 aliphatic heterocycles. The van der Waals surface area contributed by atoms with E-state index in [1.165, 1.54) is 24.3 Å². The van der Waals surface area contributed by atoms with Gasteiger partial charge in [0.25, 0.3) is 5.69 Å². The summed E-state index contributed by atoms with van der Waals surface area (Å²) in [5, 5.41) is 19.8. The lowest BCUT2D eigenvalue weighted by atomic mass is 10.0. The Balaban J connectivity index is 2.81. The monoisotopic (exact) mass is 224 g/mol. The van der Waals surface area contributed by atoms with E-state index in [2.05, 4.69) is 0 Å². The number of aliphatic hydroxyl groups excluding tert-OH is 1. The average molecular weight is 224 g/mol. The number of nitrogens with zero attached hydrogens (tertiary/aromatic N) is 1. The van der Waals surface area contributed by atoms with Gasteiger partial charge < -0.3 is 10.8 Å². The van der Waals surface area contributed by atoms with Crippen molar-refractivity contribution < 1.29 is 14.8 Å². The number of carbonyl (C=O) groups is 1. The first-order chi connectivity index (χ1) is 7.56. The van der Waals surface area contributed by atoms with E-state index in [4.69, 9.17) is 5.73 Å². The van der Waals surface area contributed by atoms with Crippen LogP contribution < -0.4 is 5.73 Å². The smallest absolute Gasteiger partial charge is 0.269 e. The molecule has 0 aliphatic carbocycles. The number of hydrogen-bond donors (Lipinski definition) is 2. The van der Waals surface area contributed by atoms with E-state index in [-0.39, 0.29) is 24.2 Å². The molecule has 0 heterocycles. The van der Waals surface area contributed by atoms with Gasteiger partial charge in [0, 0.05) is 17.7 Å². The van der Waals surface area contributed by atoms with Crippen LogP contribution in [0.5, 0.6) is 0 Å². The molecule has 6 heteroatoms. The van der Waals surface area contributed by atoms with E-state index < -0.39 is 16.8 Å². The van der Waals surface area contributed by atoms with E-state index in [1.54, 1.807) is 0 Å². The Hall–Kier alpha value is -1.79. The van der Waals surface area contributed by atoms with Gasteiger partial charge >= 0.3 is 0 Å². The summed E-state index contributed by atoms with van der Waals surface area (Å²) in [6.07, 6.45) is -0.970. The topological polar surface area (TPSA) is 106 Å². The van der Waals surface area contributed by atoms with Crippen molar-refractivity contribution in [2.45, 2.75) is 12.5 Å². The minimum absolute atomic E-state index is 0.0927. The summed E-state index contributed by atoms with van der Waals surface area (Å²) in [5.74, 6) is -0.472. The van der Waals surface area contributed by atoms with Crippen molar-refractivity contribution in [3.05, 3.63) is 39.9 Å². The van der Waals surface area contributed by atoms with Crippen molar-refractivity contribution in [3.63, 3.8) is 0 Å². The van der Waals surface area contributed by atoms with Crippen molar-refractivity contribution >= 4 is 11.5 Å². The quantitative estimate of drug-likeness (QED) is 0.430. The van der Waals surface area contributed by atoms with E-state index in [9.17, 15) is 20.0 Å². The van der Waals surface area contributed by atoms with Gasteiger partial charge in [0.1, 0.15) is 6.10 Å². The summed E-state index contributed by atoms with van der Waals surface area (Å²) in [7, 11) is 0. The van der Waals surface area contributed by atoms with Crippen LogP contribution in [0.25, 0.3) is 0 Å². The summed E-state index contributed by atoms with van der Waals surface area (Å²) < 4.78 is 0. The summed E-state index contributed by atoms with van der Waals surface area (Å²) in [6, 6.07) is 5.09. The second-order valence-electron chi connectivity index (χ2n) is 3.26. The predicted octanol–water partition coefficient (Wildman–Crippen LogP) is 0.487. The van der Waals surface area contributed by atoms with Gasteiger partial charge in [0.15, 0.2) is 5.78 Å². The third-order valence-electron chi connectivity index (χ3n) is 2.11. The third kappa shape index (κ3) is 2.85. The minimum Gasteiger partial charge on any atom is -0.385 e. The molecule has 3 N–H and O–H groups in total. The van der Waals surface area contributed by atoms with Crippen LogP contribution >= 0.6 is 0 Å². The maximum atomic E-state index is 11.5. The van der Waals surface area contributed by atoms with E-state index in [0.29, 0.717) is 0 Å². The number of nitrogens with two attached hydrogens (primary N) is 1. The van der Waals surface area contributed by atoms with Crippen LogP contribution in [-0.4, -0.2) is 28.5 Å². The number of nitro benzene ring substituents is 1. The van der Waals surface area contributed by atoms with Crippen LogP contribution in [0.3, 0.4) is 0 Å². The summed E-state index contributed by atoms with van der Waals surface area (Å²) in [4.78, 5) is 21.4. The molecule has 0 aliphatic rings. The molecular formula is C10H12N2O4. The minimum atomic E-state index is -1.15. The van der Waals surface area contributed by atoms with Crippen molar-refractivity contribution in [2.75, 3.05) is 6.54 Å². The molecule has 0 bridgehead atoms. The lowest BCUT2D eigenvalue weighted by molar-refractivity contribution is -0.384. The molecular weight excluding hydrogens is 212 g/mol. The van der Waals surface area contributed by atoms with Crippen molar-refractivity contribution in [2.24, 2.45) is 5.73 Å². The van der Waals surface area contributed by atoms with Crippen LogP contribution in [0.4, 0.5) is 5.69 Å². The Bertz CT molecular complexity index is 388. The van der Waals surface area contributed by atoms with E-state index >= 15 is 0 Å². The molecule has 6 nitrogen and oxygen atoms in total. The van der Waals surface area contributed by atoms with Gasteiger partial charge in [-0.1, -0.05) is 0 Å². The van der Waals surface area contributed by atoms with Gasteiger partial charge in [-0.2, -0.15) is 0 Å². The first-order valence-corrected chi connectivity index (χ1v) is 4.73.